The van der Waals surface area contributed by atoms with Gasteiger partial charge in [0.15, 0.2) is 0 Å². The molecule has 6 nitrogen and oxygen atoms in total. The first kappa shape index (κ1) is 23.2. The Morgan fingerprint density at radius 1 is 1.09 bits per heavy atom. The van der Waals surface area contributed by atoms with Crippen LogP contribution in [-0.2, 0) is 10.5 Å². The SMILES string of the molecule is CN(CCN(C)c1ccn[nH]cc(-c2ccc([C@]3(F)CCCNC3)cc2)cc1)C(=O)C1CC1. The third-order valence-electron chi connectivity index (χ3n) is 6.63. The number of carbonyl (C=O) groups is 1. The first-order chi connectivity index (χ1) is 16.0. The lowest BCUT2D eigenvalue weighted by molar-refractivity contribution is -0.131. The molecule has 33 heavy (non-hydrogen) atoms. The average Bonchev–Trinajstić information content (AvgIpc) is 3.66. The van der Waals surface area contributed by atoms with Crippen LogP contribution in [0.4, 0.5) is 10.1 Å². The molecule has 1 aromatic carbocycles. The van der Waals surface area contributed by atoms with Crippen molar-refractivity contribution in [3.8, 4) is 11.1 Å². The summed E-state index contributed by atoms with van der Waals surface area (Å²) in [5.74, 6) is 0.490. The third kappa shape index (κ3) is 5.90. The van der Waals surface area contributed by atoms with Crippen molar-refractivity contribution in [1.29, 1.82) is 0 Å². The van der Waals surface area contributed by atoms with Gasteiger partial charge in [0.25, 0.3) is 0 Å². The number of likely N-dealkylation sites (N-methyl/N-ethyl adjacent to an activating group) is 2. The highest BCUT2D eigenvalue weighted by atomic mass is 19.1. The molecule has 0 spiro atoms. The number of carbonyl (C=O) groups excluding carboxylic acids is 1. The van der Waals surface area contributed by atoms with Crippen molar-refractivity contribution in [2.45, 2.75) is 31.4 Å². The topological polar surface area (TPSA) is 64.3 Å². The van der Waals surface area contributed by atoms with E-state index in [1.54, 1.807) is 6.20 Å². The molecular weight excluding hydrogens is 417 g/mol. The number of aromatic nitrogens is 2. The number of anilines is 1. The van der Waals surface area contributed by atoms with Crippen LogP contribution < -0.4 is 10.2 Å². The van der Waals surface area contributed by atoms with Gasteiger partial charge in [0.2, 0.25) is 5.91 Å². The smallest absolute Gasteiger partial charge is 0.225 e. The monoisotopic (exact) mass is 451 g/mol. The second kappa shape index (κ2) is 10.3. The molecule has 7 heteroatoms. The predicted octanol–water partition coefficient (Wildman–Crippen LogP) is 4.05. The maximum Gasteiger partial charge on any atom is 0.225 e. The van der Waals surface area contributed by atoms with Crippen LogP contribution in [0.15, 0.2) is 54.9 Å². The number of aromatic amines is 1. The Labute approximate surface area is 195 Å². The summed E-state index contributed by atoms with van der Waals surface area (Å²) in [4.78, 5) is 16.1. The highest BCUT2D eigenvalue weighted by Gasteiger charge is 2.33. The summed E-state index contributed by atoms with van der Waals surface area (Å²) in [6.45, 7) is 2.65. The molecule has 2 aromatic rings. The van der Waals surface area contributed by atoms with Crippen LogP contribution in [0.2, 0.25) is 0 Å². The number of rotatable bonds is 7. The summed E-state index contributed by atoms with van der Waals surface area (Å²) in [7, 11) is 3.89. The van der Waals surface area contributed by atoms with Crippen molar-refractivity contribution in [2.24, 2.45) is 5.92 Å². The zero-order valence-corrected chi connectivity index (χ0v) is 19.6. The van der Waals surface area contributed by atoms with Crippen LogP contribution in [0.1, 0.15) is 31.2 Å². The molecular formula is C26H34FN5O. The summed E-state index contributed by atoms with van der Waals surface area (Å²) < 4.78 is 15.3. The maximum absolute atomic E-state index is 15.3. The maximum atomic E-state index is 15.3. The zero-order chi connectivity index (χ0) is 23.3. The van der Waals surface area contributed by atoms with Crippen molar-refractivity contribution in [2.75, 3.05) is 45.2 Å². The standard InChI is InChI=1S/C26H34FN5O/c1-31(16-17-32(2)25(33)21-4-5-21)24-11-8-22(18-30-29-15-12-24)20-6-9-23(10-7-20)26(27)13-3-14-28-19-26/h6-12,15,18,21,28,30H,3-5,13-14,16-17,19H2,1-2H3/t26-/m0/s1. The fourth-order valence-corrected chi connectivity index (χ4v) is 4.23. The van der Waals surface area contributed by atoms with E-state index in [9.17, 15) is 4.79 Å². The van der Waals surface area contributed by atoms with Gasteiger partial charge in [-0.1, -0.05) is 30.3 Å². The zero-order valence-electron chi connectivity index (χ0n) is 19.6. The van der Waals surface area contributed by atoms with Crippen molar-refractivity contribution in [1.82, 2.24) is 20.4 Å². The number of alkyl halides is 1. The van der Waals surface area contributed by atoms with Gasteiger partial charge >= 0.3 is 0 Å². The van der Waals surface area contributed by atoms with Gasteiger partial charge in [0.05, 0.1) is 0 Å². The van der Waals surface area contributed by atoms with E-state index in [-0.39, 0.29) is 11.8 Å². The van der Waals surface area contributed by atoms with Crippen LogP contribution in [-0.4, -0.2) is 61.3 Å². The fraction of sp³-hybridized carbons (Fsp3) is 0.462. The molecule has 2 aliphatic rings. The molecule has 0 unspecified atom stereocenters. The number of amides is 1. The molecule has 1 atom stereocenters. The molecule has 1 saturated carbocycles. The van der Waals surface area contributed by atoms with E-state index in [1.807, 2.05) is 67.7 Å². The van der Waals surface area contributed by atoms with E-state index >= 15 is 4.39 Å². The molecule has 4 rings (SSSR count). The summed E-state index contributed by atoms with van der Waals surface area (Å²) in [6, 6.07) is 13.7. The van der Waals surface area contributed by atoms with Gasteiger partial charge in [-0.15, -0.1) is 0 Å². The van der Waals surface area contributed by atoms with E-state index < -0.39 is 5.67 Å². The van der Waals surface area contributed by atoms with Crippen LogP contribution in [0.3, 0.4) is 0 Å². The van der Waals surface area contributed by atoms with Gasteiger partial charge in [-0.2, -0.15) is 5.10 Å². The van der Waals surface area contributed by atoms with Crippen molar-refractivity contribution in [3.63, 3.8) is 0 Å². The number of hydrogen-bond acceptors (Lipinski definition) is 4. The van der Waals surface area contributed by atoms with Gasteiger partial charge in [-0.25, -0.2) is 4.39 Å². The van der Waals surface area contributed by atoms with Gasteiger partial charge in [-0.05, 0) is 61.1 Å². The fourth-order valence-electron chi connectivity index (χ4n) is 4.23. The largest absolute Gasteiger partial charge is 0.373 e. The van der Waals surface area contributed by atoms with E-state index in [0.717, 1.165) is 54.7 Å². The Morgan fingerprint density at radius 3 is 2.55 bits per heavy atom. The van der Waals surface area contributed by atoms with Crippen LogP contribution in [0, 0.1) is 5.92 Å². The minimum absolute atomic E-state index is 0.239. The molecule has 1 aromatic heterocycles. The number of benzene rings is 1. The lowest BCUT2D eigenvalue weighted by Crippen LogP contribution is -2.40. The number of hydrogen-bond donors (Lipinski definition) is 2. The van der Waals surface area contributed by atoms with Crippen LogP contribution >= 0.6 is 0 Å². The van der Waals surface area contributed by atoms with Gasteiger partial charge < -0.3 is 15.1 Å². The summed E-state index contributed by atoms with van der Waals surface area (Å²) in [5, 5.41) is 10.4. The highest BCUT2D eigenvalue weighted by Crippen LogP contribution is 2.34. The van der Waals surface area contributed by atoms with Crippen molar-refractivity contribution < 1.29 is 9.18 Å². The Balaban J connectivity index is 1.48. The normalized spacial score (nSPS) is 20.1. The quantitative estimate of drug-likeness (QED) is 0.667. The van der Waals surface area contributed by atoms with Gasteiger partial charge in [0, 0.05) is 57.7 Å². The molecule has 1 saturated heterocycles. The molecule has 1 amide bonds. The van der Waals surface area contributed by atoms with Crippen LogP contribution in [0.25, 0.3) is 11.1 Å². The minimum Gasteiger partial charge on any atom is -0.373 e. The van der Waals surface area contributed by atoms with E-state index in [4.69, 9.17) is 0 Å². The molecule has 0 radical (unpaired) electrons. The molecule has 2 N–H and O–H groups in total. The number of piperidine rings is 1. The predicted molar refractivity (Wildman–Crippen MR) is 130 cm³/mol. The van der Waals surface area contributed by atoms with Crippen molar-refractivity contribution >= 4 is 11.6 Å². The lowest BCUT2D eigenvalue weighted by Gasteiger charge is -2.30. The number of nitrogens with one attached hydrogen (secondary N) is 2. The molecule has 2 heterocycles. The highest BCUT2D eigenvalue weighted by molar-refractivity contribution is 5.80. The van der Waals surface area contributed by atoms with E-state index in [0.29, 0.717) is 19.5 Å². The minimum atomic E-state index is -1.30. The first-order valence-corrected chi connectivity index (χ1v) is 11.8. The lowest BCUT2D eigenvalue weighted by atomic mass is 9.87. The number of halogens is 1. The molecule has 176 valence electrons. The molecule has 0 bridgehead atoms. The van der Waals surface area contributed by atoms with Crippen LogP contribution in [0.5, 0.6) is 0 Å². The Bertz CT molecular complexity index is 994. The summed E-state index contributed by atoms with van der Waals surface area (Å²) in [5.41, 5.74) is 2.36. The Morgan fingerprint density at radius 2 is 1.85 bits per heavy atom. The molecule has 1 aliphatic carbocycles. The Kier molecular flexibility index (Phi) is 7.28. The summed E-state index contributed by atoms with van der Waals surface area (Å²) in [6.07, 6.45) is 7.02. The van der Waals surface area contributed by atoms with Gasteiger partial charge in [0.1, 0.15) is 5.67 Å². The number of nitrogens with zero attached hydrogens (tertiary/aromatic N) is 3. The van der Waals surface area contributed by atoms with Gasteiger partial charge in [-0.3, -0.25) is 9.89 Å². The average molecular weight is 452 g/mol. The summed E-state index contributed by atoms with van der Waals surface area (Å²) >= 11 is 0. The van der Waals surface area contributed by atoms with E-state index in [2.05, 4.69) is 20.4 Å². The first-order valence-electron chi connectivity index (χ1n) is 11.8. The molecule has 2 fully saturated rings. The number of H-pyrrole nitrogens is 1. The van der Waals surface area contributed by atoms with Crippen molar-refractivity contribution in [3.05, 3.63) is 60.4 Å². The molecule has 1 aliphatic heterocycles. The second-order valence-electron chi connectivity index (χ2n) is 9.21. The third-order valence-corrected chi connectivity index (χ3v) is 6.63. The second-order valence-corrected chi connectivity index (χ2v) is 9.21. The van der Waals surface area contributed by atoms with E-state index in [1.165, 1.54) is 0 Å². The Hall–Kier alpha value is -2.93.